The van der Waals surface area contributed by atoms with Gasteiger partial charge < -0.3 is 0 Å². The summed E-state index contributed by atoms with van der Waals surface area (Å²) in [5, 5.41) is 0.653. The second-order valence-corrected chi connectivity index (χ2v) is 3.90. The van der Waals surface area contributed by atoms with Crippen LogP contribution in [-0.4, -0.2) is 15.3 Å². The third kappa shape index (κ3) is 3.59. The molecule has 0 aromatic heterocycles. The minimum absolute atomic E-state index is 0.269. The standard InChI is InChI=1S/C9H10ClNO2S/c1-7(6-11-14(12)13)8-2-4-9(10)5-3-8/h2-5,11H,1,6H2,(H,12,13). The summed E-state index contributed by atoms with van der Waals surface area (Å²) < 4.78 is 21.2. The van der Waals surface area contributed by atoms with Gasteiger partial charge in [0.15, 0.2) is 0 Å². The summed E-state index contributed by atoms with van der Waals surface area (Å²) in [6, 6.07) is 7.12. The van der Waals surface area contributed by atoms with Crippen molar-refractivity contribution in [1.82, 2.24) is 4.72 Å². The Hall–Kier alpha value is -0.680. The Morgan fingerprint density at radius 3 is 2.57 bits per heavy atom. The molecule has 0 aliphatic rings. The Bertz CT molecular complexity index is 350. The molecule has 0 saturated carbocycles. The van der Waals surface area contributed by atoms with Gasteiger partial charge in [-0.05, 0) is 23.3 Å². The lowest BCUT2D eigenvalue weighted by molar-refractivity contribution is 0.553. The summed E-state index contributed by atoms with van der Waals surface area (Å²) >= 11 is 3.71. The van der Waals surface area contributed by atoms with Crippen LogP contribution in [0.1, 0.15) is 5.56 Å². The number of hydrogen-bond donors (Lipinski definition) is 2. The highest BCUT2D eigenvalue weighted by molar-refractivity contribution is 7.77. The van der Waals surface area contributed by atoms with Crippen molar-refractivity contribution in [3.8, 4) is 0 Å². The summed E-state index contributed by atoms with van der Waals surface area (Å²) in [6.07, 6.45) is 0. The fourth-order valence-electron chi connectivity index (χ4n) is 0.937. The molecule has 1 aromatic carbocycles. The molecule has 2 N–H and O–H groups in total. The first-order valence-corrected chi connectivity index (χ1v) is 5.36. The molecule has 5 heteroatoms. The van der Waals surface area contributed by atoms with Crippen LogP contribution in [0.2, 0.25) is 5.02 Å². The third-order valence-electron chi connectivity index (χ3n) is 1.66. The van der Waals surface area contributed by atoms with Crippen molar-refractivity contribution >= 4 is 28.4 Å². The van der Waals surface area contributed by atoms with Crippen LogP contribution < -0.4 is 4.72 Å². The van der Waals surface area contributed by atoms with E-state index in [-0.39, 0.29) is 6.54 Å². The van der Waals surface area contributed by atoms with Crippen molar-refractivity contribution in [3.63, 3.8) is 0 Å². The van der Waals surface area contributed by atoms with E-state index in [9.17, 15) is 4.21 Å². The van der Waals surface area contributed by atoms with Gasteiger partial charge in [0, 0.05) is 11.6 Å². The lowest BCUT2D eigenvalue weighted by Crippen LogP contribution is -2.18. The van der Waals surface area contributed by atoms with Gasteiger partial charge in [-0.2, -0.15) is 0 Å². The second kappa shape index (κ2) is 5.26. The maximum Gasteiger partial charge on any atom is 0.232 e. The molecule has 0 amide bonds. The van der Waals surface area contributed by atoms with Crippen molar-refractivity contribution in [3.05, 3.63) is 41.4 Å². The maximum atomic E-state index is 10.3. The zero-order valence-corrected chi connectivity index (χ0v) is 8.94. The molecule has 76 valence electrons. The summed E-state index contributed by atoms with van der Waals surface area (Å²) in [7, 11) is 0. The molecule has 0 heterocycles. The van der Waals surface area contributed by atoms with Gasteiger partial charge in [0.25, 0.3) is 0 Å². The molecule has 0 aliphatic carbocycles. The summed E-state index contributed by atoms with van der Waals surface area (Å²) in [4.78, 5) is 0. The molecular formula is C9H10ClNO2S. The normalized spacial score (nSPS) is 12.4. The highest BCUT2D eigenvalue weighted by Gasteiger charge is 1.99. The molecule has 14 heavy (non-hydrogen) atoms. The fourth-order valence-corrected chi connectivity index (χ4v) is 1.36. The quantitative estimate of drug-likeness (QED) is 0.780. The van der Waals surface area contributed by atoms with Crippen molar-refractivity contribution in [1.29, 1.82) is 0 Å². The summed E-state index contributed by atoms with van der Waals surface area (Å²) in [5.74, 6) is 0. The Balaban J connectivity index is 2.61. The molecule has 0 saturated heterocycles. The SMILES string of the molecule is C=C(CNS(=O)O)c1ccc(Cl)cc1. The van der Waals surface area contributed by atoms with Gasteiger partial charge in [0.2, 0.25) is 11.3 Å². The fraction of sp³-hybridized carbons (Fsp3) is 0.111. The molecule has 1 unspecified atom stereocenters. The van der Waals surface area contributed by atoms with Crippen molar-refractivity contribution in [2.24, 2.45) is 0 Å². The number of hydrogen-bond acceptors (Lipinski definition) is 1. The Labute approximate surface area is 90.2 Å². The zero-order valence-electron chi connectivity index (χ0n) is 7.37. The first-order valence-electron chi connectivity index (χ1n) is 3.87. The molecule has 3 nitrogen and oxygen atoms in total. The topological polar surface area (TPSA) is 49.3 Å². The Kier molecular flexibility index (Phi) is 4.28. The number of nitrogens with one attached hydrogen (secondary N) is 1. The summed E-state index contributed by atoms with van der Waals surface area (Å²) in [5.41, 5.74) is 1.64. The van der Waals surface area contributed by atoms with E-state index >= 15 is 0 Å². The lowest BCUT2D eigenvalue weighted by Gasteiger charge is -2.04. The zero-order chi connectivity index (χ0) is 10.6. The molecule has 1 rings (SSSR count). The predicted molar refractivity (Wildman–Crippen MR) is 59.3 cm³/mol. The Morgan fingerprint density at radius 1 is 1.50 bits per heavy atom. The van der Waals surface area contributed by atoms with Gasteiger partial charge in [-0.3, -0.25) is 4.55 Å². The number of halogens is 1. The van der Waals surface area contributed by atoms with Gasteiger partial charge in [-0.25, -0.2) is 8.93 Å². The Morgan fingerprint density at radius 2 is 2.07 bits per heavy atom. The van der Waals surface area contributed by atoms with Crippen LogP contribution >= 0.6 is 11.6 Å². The molecule has 1 atom stereocenters. The molecule has 0 radical (unpaired) electrons. The van der Waals surface area contributed by atoms with Crippen LogP contribution in [0.3, 0.4) is 0 Å². The first-order chi connectivity index (χ1) is 6.59. The minimum atomic E-state index is -2.00. The molecular weight excluding hydrogens is 222 g/mol. The maximum absolute atomic E-state index is 10.3. The van der Waals surface area contributed by atoms with Crippen LogP contribution in [0.4, 0.5) is 0 Å². The third-order valence-corrected chi connectivity index (χ3v) is 2.30. The largest absolute Gasteiger partial charge is 0.294 e. The predicted octanol–water partition coefficient (Wildman–Crippen LogP) is 2.08. The molecule has 0 spiro atoms. The average Bonchev–Trinajstić information content (AvgIpc) is 2.15. The smallest absolute Gasteiger partial charge is 0.232 e. The van der Waals surface area contributed by atoms with E-state index < -0.39 is 11.3 Å². The van der Waals surface area contributed by atoms with Crippen LogP contribution in [0.25, 0.3) is 5.57 Å². The van der Waals surface area contributed by atoms with Gasteiger partial charge in [0.1, 0.15) is 0 Å². The van der Waals surface area contributed by atoms with Crippen molar-refractivity contribution < 1.29 is 8.76 Å². The van der Waals surface area contributed by atoms with Crippen LogP contribution in [-0.2, 0) is 11.3 Å². The average molecular weight is 232 g/mol. The van der Waals surface area contributed by atoms with E-state index in [1.165, 1.54) is 0 Å². The van der Waals surface area contributed by atoms with Crippen molar-refractivity contribution in [2.75, 3.05) is 6.54 Å². The molecule has 0 fully saturated rings. The minimum Gasteiger partial charge on any atom is -0.294 e. The molecule has 0 bridgehead atoms. The lowest BCUT2D eigenvalue weighted by atomic mass is 10.1. The number of benzene rings is 1. The van der Waals surface area contributed by atoms with E-state index in [0.717, 1.165) is 11.1 Å². The van der Waals surface area contributed by atoms with E-state index in [0.29, 0.717) is 5.02 Å². The van der Waals surface area contributed by atoms with Crippen LogP contribution in [0.15, 0.2) is 30.8 Å². The molecule has 1 aromatic rings. The van der Waals surface area contributed by atoms with Gasteiger partial charge >= 0.3 is 0 Å². The first kappa shape index (κ1) is 11.4. The van der Waals surface area contributed by atoms with Crippen LogP contribution in [0.5, 0.6) is 0 Å². The van der Waals surface area contributed by atoms with E-state index in [2.05, 4.69) is 11.3 Å². The number of rotatable bonds is 4. The van der Waals surface area contributed by atoms with E-state index in [1.807, 2.05) is 12.1 Å². The summed E-state index contributed by atoms with van der Waals surface area (Å²) in [6.45, 7) is 4.04. The highest BCUT2D eigenvalue weighted by atomic mass is 35.5. The van der Waals surface area contributed by atoms with E-state index in [4.69, 9.17) is 16.2 Å². The van der Waals surface area contributed by atoms with Crippen molar-refractivity contribution in [2.45, 2.75) is 0 Å². The van der Waals surface area contributed by atoms with Gasteiger partial charge in [0.05, 0.1) is 0 Å². The van der Waals surface area contributed by atoms with Crippen LogP contribution in [0, 0.1) is 0 Å². The van der Waals surface area contributed by atoms with Gasteiger partial charge in [-0.15, -0.1) is 0 Å². The van der Waals surface area contributed by atoms with E-state index in [1.54, 1.807) is 12.1 Å². The second-order valence-electron chi connectivity index (χ2n) is 2.68. The molecule has 0 aliphatic heterocycles. The monoisotopic (exact) mass is 231 g/mol. The van der Waals surface area contributed by atoms with Gasteiger partial charge in [-0.1, -0.05) is 30.3 Å². The highest BCUT2D eigenvalue weighted by Crippen LogP contribution is 2.15.